The molecule has 0 bridgehead atoms. The van der Waals surface area contributed by atoms with Gasteiger partial charge in [0.15, 0.2) is 5.78 Å². The van der Waals surface area contributed by atoms with Gasteiger partial charge in [0, 0.05) is 11.4 Å². The molecular formula is C22H23ClO3. The van der Waals surface area contributed by atoms with Gasteiger partial charge in [0.1, 0.15) is 5.75 Å². The summed E-state index contributed by atoms with van der Waals surface area (Å²) < 4.78 is 5.32. The predicted molar refractivity (Wildman–Crippen MR) is 106 cm³/mol. The van der Waals surface area contributed by atoms with Crippen LogP contribution in [0.4, 0.5) is 0 Å². The summed E-state index contributed by atoms with van der Waals surface area (Å²) in [4.78, 5) is 23.9. The number of hydrogen-bond donors (Lipinski definition) is 0. The Morgan fingerprint density at radius 3 is 2.31 bits per heavy atom. The third kappa shape index (κ3) is 6.85. The van der Waals surface area contributed by atoms with Crippen LogP contribution in [-0.2, 0) is 4.79 Å². The number of hydrogen-bond acceptors (Lipinski definition) is 3. The molecule has 0 fully saturated rings. The lowest BCUT2D eigenvalue weighted by Gasteiger charge is -2.04. The second-order valence-corrected chi connectivity index (χ2v) is 6.51. The zero-order valence-electron chi connectivity index (χ0n) is 14.9. The first-order chi connectivity index (χ1) is 12.6. The van der Waals surface area contributed by atoms with Crippen LogP contribution in [0.15, 0.2) is 54.6 Å². The average molecular weight is 371 g/mol. The van der Waals surface area contributed by atoms with Gasteiger partial charge in [-0.3, -0.25) is 4.79 Å². The van der Waals surface area contributed by atoms with Crippen LogP contribution >= 0.6 is 11.6 Å². The number of unbranched alkanes of at least 4 members (excludes halogenated alkanes) is 3. The van der Waals surface area contributed by atoms with Crippen molar-refractivity contribution in [2.24, 2.45) is 0 Å². The maximum absolute atomic E-state index is 12.0. The van der Waals surface area contributed by atoms with Crippen LogP contribution in [0.2, 0.25) is 5.02 Å². The molecule has 4 heteroatoms. The molecule has 0 radical (unpaired) electrons. The standard InChI is InChI=1S/C22H23ClO3/c1-2-3-4-5-6-20(24)14-7-17-8-15-21(16-9-17)26-22(25)18-10-12-19(23)13-11-18/h7-16H,2-6H2,1H3. The van der Waals surface area contributed by atoms with Crippen LogP contribution in [0, 0.1) is 0 Å². The molecule has 26 heavy (non-hydrogen) atoms. The van der Waals surface area contributed by atoms with Crippen LogP contribution in [0.1, 0.15) is 54.9 Å². The van der Waals surface area contributed by atoms with Crippen molar-refractivity contribution in [3.8, 4) is 5.75 Å². The Hall–Kier alpha value is -2.39. The minimum Gasteiger partial charge on any atom is -0.423 e. The third-order valence-electron chi connectivity index (χ3n) is 3.91. The number of allylic oxidation sites excluding steroid dienone is 1. The Morgan fingerprint density at radius 1 is 0.962 bits per heavy atom. The first-order valence-corrected chi connectivity index (χ1v) is 9.25. The van der Waals surface area contributed by atoms with Crippen LogP contribution in [0.25, 0.3) is 6.08 Å². The van der Waals surface area contributed by atoms with E-state index in [1.807, 2.05) is 12.1 Å². The van der Waals surface area contributed by atoms with Crippen LogP contribution < -0.4 is 4.74 Å². The van der Waals surface area contributed by atoms with E-state index < -0.39 is 5.97 Å². The van der Waals surface area contributed by atoms with E-state index in [1.165, 1.54) is 12.8 Å². The molecule has 0 unspecified atom stereocenters. The van der Waals surface area contributed by atoms with E-state index >= 15 is 0 Å². The molecule has 0 N–H and O–H groups in total. The molecule has 0 aliphatic rings. The number of carbonyl (C=O) groups excluding carboxylic acids is 2. The number of ketones is 1. The molecule has 0 atom stereocenters. The summed E-state index contributed by atoms with van der Waals surface area (Å²) in [6, 6.07) is 13.6. The molecule has 0 aliphatic heterocycles. The summed E-state index contributed by atoms with van der Waals surface area (Å²) in [6.45, 7) is 2.15. The molecule has 3 nitrogen and oxygen atoms in total. The summed E-state index contributed by atoms with van der Waals surface area (Å²) in [7, 11) is 0. The predicted octanol–water partition coefficient (Wildman–Crippen LogP) is 6.11. The van der Waals surface area contributed by atoms with Crippen LogP contribution in [-0.4, -0.2) is 11.8 Å². The van der Waals surface area contributed by atoms with Gasteiger partial charge in [-0.2, -0.15) is 0 Å². The molecule has 0 heterocycles. The molecule has 0 aliphatic carbocycles. The summed E-state index contributed by atoms with van der Waals surface area (Å²) in [5.74, 6) is 0.152. The topological polar surface area (TPSA) is 43.4 Å². The Balaban J connectivity index is 1.85. The molecule has 0 saturated carbocycles. The molecular weight excluding hydrogens is 348 g/mol. The molecule has 2 aromatic rings. The lowest BCUT2D eigenvalue weighted by atomic mass is 10.1. The lowest BCUT2D eigenvalue weighted by molar-refractivity contribution is -0.114. The van der Waals surface area contributed by atoms with Crippen LogP contribution in [0.3, 0.4) is 0 Å². The Morgan fingerprint density at radius 2 is 1.65 bits per heavy atom. The van der Waals surface area contributed by atoms with Crippen molar-refractivity contribution in [2.45, 2.75) is 39.0 Å². The van der Waals surface area contributed by atoms with Gasteiger partial charge in [0.2, 0.25) is 0 Å². The Kier molecular flexibility index (Phi) is 8.10. The van der Waals surface area contributed by atoms with Gasteiger partial charge in [0.05, 0.1) is 5.56 Å². The van der Waals surface area contributed by atoms with Gasteiger partial charge in [-0.15, -0.1) is 0 Å². The van der Waals surface area contributed by atoms with Crippen molar-refractivity contribution < 1.29 is 14.3 Å². The Labute approximate surface area is 159 Å². The highest BCUT2D eigenvalue weighted by Crippen LogP contribution is 2.16. The number of rotatable bonds is 9. The fourth-order valence-electron chi connectivity index (χ4n) is 2.40. The molecule has 0 spiro atoms. The van der Waals surface area contributed by atoms with E-state index in [9.17, 15) is 9.59 Å². The van der Waals surface area contributed by atoms with E-state index in [0.29, 0.717) is 22.8 Å². The first-order valence-electron chi connectivity index (χ1n) is 8.87. The van der Waals surface area contributed by atoms with E-state index in [4.69, 9.17) is 16.3 Å². The van der Waals surface area contributed by atoms with Crippen LogP contribution in [0.5, 0.6) is 5.75 Å². The summed E-state index contributed by atoms with van der Waals surface area (Å²) >= 11 is 5.81. The first kappa shape index (κ1) is 19.9. The zero-order chi connectivity index (χ0) is 18.8. The molecule has 0 aromatic heterocycles. The smallest absolute Gasteiger partial charge is 0.343 e. The highest BCUT2D eigenvalue weighted by Gasteiger charge is 2.08. The minimum absolute atomic E-state index is 0.138. The fraction of sp³-hybridized carbons (Fsp3) is 0.273. The molecule has 136 valence electrons. The number of benzene rings is 2. The maximum Gasteiger partial charge on any atom is 0.343 e. The summed E-state index contributed by atoms with van der Waals surface area (Å²) in [5, 5.41) is 0.567. The zero-order valence-corrected chi connectivity index (χ0v) is 15.7. The van der Waals surface area contributed by atoms with Crippen molar-refractivity contribution in [1.29, 1.82) is 0 Å². The monoisotopic (exact) mass is 370 g/mol. The second kappa shape index (κ2) is 10.6. The van der Waals surface area contributed by atoms with Crippen molar-refractivity contribution in [3.63, 3.8) is 0 Å². The molecule has 2 rings (SSSR count). The van der Waals surface area contributed by atoms with E-state index in [1.54, 1.807) is 48.6 Å². The van der Waals surface area contributed by atoms with E-state index in [-0.39, 0.29) is 5.78 Å². The number of halogens is 1. The normalized spacial score (nSPS) is 10.8. The van der Waals surface area contributed by atoms with Gasteiger partial charge in [-0.25, -0.2) is 4.79 Å². The SMILES string of the molecule is CCCCCCC(=O)C=Cc1ccc(OC(=O)c2ccc(Cl)cc2)cc1. The largest absolute Gasteiger partial charge is 0.423 e. The minimum atomic E-state index is -0.438. The quantitative estimate of drug-likeness (QED) is 0.231. The molecule has 0 amide bonds. The number of carbonyl (C=O) groups is 2. The van der Waals surface area contributed by atoms with Crippen molar-refractivity contribution >= 4 is 29.4 Å². The van der Waals surface area contributed by atoms with Gasteiger partial charge in [-0.1, -0.05) is 56.0 Å². The summed E-state index contributed by atoms with van der Waals surface area (Å²) in [6.07, 6.45) is 8.37. The van der Waals surface area contributed by atoms with Gasteiger partial charge in [0.25, 0.3) is 0 Å². The van der Waals surface area contributed by atoms with E-state index in [2.05, 4.69) is 6.92 Å². The van der Waals surface area contributed by atoms with Gasteiger partial charge < -0.3 is 4.74 Å². The highest BCUT2D eigenvalue weighted by molar-refractivity contribution is 6.30. The maximum atomic E-state index is 12.0. The van der Waals surface area contributed by atoms with Crippen molar-refractivity contribution in [2.75, 3.05) is 0 Å². The second-order valence-electron chi connectivity index (χ2n) is 6.08. The molecule has 0 saturated heterocycles. The number of esters is 1. The lowest BCUT2D eigenvalue weighted by Crippen LogP contribution is -2.08. The number of ether oxygens (including phenoxy) is 1. The van der Waals surface area contributed by atoms with Crippen molar-refractivity contribution in [3.05, 3.63) is 70.8 Å². The van der Waals surface area contributed by atoms with Gasteiger partial charge >= 0.3 is 5.97 Å². The Bertz CT molecular complexity index is 746. The average Bonchev–Trinajstić information content (AvgIpc) is 2.65. The summed E-state index contributed by atoms with van der Waals surface area (Å²) in [5.41, 5.74) is 1.32. The highest BCUT2D eigenvalue weighted by atomic mass is 35.5. The van der Waals surface area contributed by atoms with Gasteiger partial charge in [-0.05, 0) is 54.5 Å². The van der Waals surface area contributed by atoms with E-state index in [0.717, 1.165) is 18.4 Å². The fourth-order valence-corrected chi connectivity index (χ4v) is 2.52. The molecule has 2 aromatic carbocycles. The third-order valence-corrected chi connectivity index (χ3v) is 4.16. The van der Waals surface area contributed by atoms with Crippen molar-refractivity contribution in [1.82, 2.24) is 0 Å².